The van der Waals surface area contributed by atoms with Crippen molar-refractivity contribution in [2.45, 2.75) is 18.8 Å². The molecule has 0 aromatic carbocycles. The monoisotopic (exact) mass is 236 g/mol. The highest BCUT2D eigenvalue weighted by Crippen LogP contribution is 2.25. The molecule has 1 saturated heterocycles. The van der Waals surface area contributed by atoms with E-state index in [4.69, 9.17) is 16.3 Å². The van der Waals surface area contributed by atoms with E-state index in [2.05, 4.69) is 4.98 Å². The van der Waals surface area contributed by atoms with Gasteiger partial charge in [-0.2, -0.15) is 0 Å². The number of aromatic nitrogens is 2. The van der Waals surface area contributed by atoms with Gasteiger partial charge in [0.25, 0.3) is 0 Å². The zero-order valence-electron chi connectivity index (χ0n) is 8.90. The fourth-order valence-electron chi connectivity index (χ4n) is 2.17. The van der Waals surface area contributed by atoms with Gasteiger partial charge in [-0.1, -0.05) is 17.7 Å². The van der Waals surface area contributed by atoms with Gasteiger partial charge in [0.2, 0.25) is 0 Å². The van der Waals surface area contributed by atoms with Gasteiger partial charge in [0.15, 0.2) is 0 Å². The Hall–Kier alpha value is -1.06. The summed E-state index contributed by atoms with van der Waals surface area (Å²) in [7, 11) is 0. The number of halogens is 1. The second-order valence-corrected chi connectivity index (χ2v) is 4.54. The van der Waals surface area contributed by atoms with Gasteiger partial charge in [0.05, 0.1) is 12.3 Å². The number of rotatable bonds is 1. The second-order valence-electron chi connectivity index (χ2n) is 4.16. The fourth-order valence-corrected chi connectivity index (χ4v) is 2.37. The molecule has 3 nitrogen and oxygen atoms in total. The van der Waals surface area contributed by atoms with Gasteiger partial charge < -0.3 is 4.74 Å². The number of hydrogen-bond acceptors (Lipinski definition) is 2. The van der Waals surface area contributed by atoms with Crippen LogP contribution in [0.4, 0.5) is 0 Å². The molecule has 1 unspecified atom stereocenters. The quantitative estimate of drug-likeness (QED) is 0.712. The largest absolute Gasteiger partial charge is 0.381 e. The second kappa shape index (κ2) is 4.07. The molecule has 4 heteroatoms. The molecule has 84 valence electrons. The van der Waals surface area contributed by atoms with Gasteiger partial charge in [-0.15, -0.1) is 0 Å². The Bertz CT molecular complexity index is 503. The van der Waals surface area contributed by atoms with Gasteiger partial charge in [-0.05, 0) is 25.0 Å². The van der Waals surface area contributed by atoms with Crippen LogP contribution in [0.2, 0.25) is 5.15 Å². The highest BCUT2D eigenvalue weighted by molar-refractivity contribution is 6.29. The van der Waals surface area contributed by atoms with E-state index >= 15 is 0 Å². The zero-order chi connectivity index (χ0) is 11.0. The minimum Gasteiger partial charge on any atom is -0.381 e. The highest BCUT2D eigenvalue weighted by atomic mass is 35.5. The number of pyridine rings is 1. The number of imidazole rings is 1. The predicted octanol–water partition coefficient (Wildman–Crippen LogP) is 2.88. The maximum Gasteiger partial charge on any atom is 0.138 e. The minimum atomic E-state index is 0.421. The number of nitrogens with zero attached hydrogens (tertiary/aromatic N) is 2. The molecule has 0 saturated carbocycles. The van der Waals surface area contributed by atoms with Crippen molar-refractivity contribution in [3.05, 3.63) is 35.2 Å². The maximum atomic E-state index is 6.10. The number of hydrogen-bond donors (Lipinski definition) is 0. The average Bonchev–Trinajstić information content (AvgIpc) is 2.76. The molecule has 0 spiro atoms. The Morgan fingerprint density at radius 3 is 3.12 bits per heavy atom. The molecule has 1 atom stereocenters. The maximum absolute atomic E-state index is 6.10. The summed E-state index contributed by atoms with van der Waals surface area (Å²) in [6.45, 7) is 1.66. The summed E-state index contributed by atoms with van der Waals surface area (Å²) in [5, 5.41) is 0.702. The first-order chi connectivity index (χ1) is 7.84. The zero-order valence-corrected chi connectivity index (χ0v) is 9.65. The molecular formula is C12H13ClN2O. The van der Waals surface area contributed by atoms with Crippen LogP contribution in [0.3, 0.4) is 0 Å². The highest BCUT2D eigenvalue weighted by Gasteiger charge is 2.19. The molecule has 2 aromatic heterocycles. The summed E-state index contributed by atoms with van der Waals surface area (Å²) >= 11 is 6.10. The topological polar surface area (TPSA) is 26.5 Å². The third kappa shape index (κ3) is 1.70. The van der Waals surface area contributed by atoms with E-state index in [0.29, 0.717) is 11.1 Å². The van der Waals surface area contributed by atoms with E-state index in [-0.39, 0.29) is 0 Å². The standard InChI is InChI=1S/C12H13ClN2O/c13-11-4-1-5-12-14-10(7-15(11)12)9-3-2-6-16-8-9/h1,4-5,7,9H,2-3,6,8H2. The van der Waals surface area contributed by atoms with Crippen LogP contribution in [0.1, 0.15) is 24.5 Å². The van der Waals surface area contributed by atoms with Crippen LogP contribution in [0.5, 0.6) is 0 Å². The van der Waals surface area contributed by atoms with E-state index in [9.17, 15) is 0 Å². The molecule has 0 aliphatic carbocycles. The fraction of sp³-hybridized carbons (Fsp3) is 0.417. The summed E-state index contributed by atoms with van der Waals surface area (Å²) in [6.07, 6.45) is 4.30. The van der Waals surface area contributed by atoms with Gasteiger partial charge in [0, 0.05) is 18.7 Å². The SMILES string of the molecule is Clc1cccc2nc(C3CCCOC3)cn12. The third-order valence-corrected chi connectivity index (χ3v) is 3.35. The molecule has 1 aliphatic heterocycles. The molecule has 1 aliphatic rings. The number of ether oxygens (including phenoxy) is 1. The molecule has 16 heavy (non-hydrogen) atoms. The minimum absolute atomic E-state index is 0.421. The summed E-state index contributed by atoms with van der Waals surface area (Å²) < 4.78 is 7.40. The Kier molecular flexibility index (Phi) is 2.58. The van der Waals surface area contributed by atoms with Crippen LogP contribution in [0.25, 0.3) is 5.65 Å². The molecule has 2 aromatic rings. The predicted molar refractivity (Wildman–Crippen MR) is 63.0 cm³/mol. The van der Waals surface area contributed by atoms with E-state index in [0.717, 1.165) is 37.4 Å². The van der Waals surface area contributed by atoms with Crippen LogP contribution in [-0.4, -0.2) is 22.6 Å². The Balaban J connectivity index is 2.01. The summed E-state index contributed by atoms with van der Waals surface area (Å²) in [4.78, 5) is 4.60. The van der Waals surface area contributed by atoms with Crippen molar-refractivity contribution in [1.29, 1.82) is 0 Å². The Morgan fingerprint density at radius 1 is 1.44 bits per heavy atom. The van der Waals surface area contributed by atoms with Crippen molar-refractivity contribution in [3.8, 4) is 0 Å². The van der Waals surface area contributed by atoms with Crippen molar-refractivity contribution in [2.24, 2.45) is 0 Å². The molecule has 1 fully saturated rings. The van der Waals surface area contributed by atoms with Crippen molar-refractivity contribution in [1.82, 2.24) is 9.38 Å². The van der Waals surface area contributed by atoms with E-state index in [1.807, 2.05) is 28.8 Å². The van der Waals surface area contributed by atoms with Crippen molar-refractivity contribution in [2.75, 3.05) is 13.2 Å². The van der Waals surface area contributed by atoms with Crippen LogP contribution in [-0.2, 0) is 4.74 Å². The summed E-state index contributed by atoms with van der Waals surface area (Å²) in [5.41, 5.74) is 2.00. The molecular weight excluding hydrogens is 224 g/mol. The molecule has 3 heterocycles. The lowest BCUT2D eigenvalue weighted by molar-refractivity contribution is 0.0794. The lowest BCUT2D eigenvalue weighted by atomic mass is 9.99. The Labute approximate surface area is 99.0 Å². The first-order valence-electron chi connectivity index (χ1n) is 5.56. The molecule has 3 rings (SSSR count). The Morgan fingerprint density at radius 2 is 2.38 bits per heavy atom. The van der Waals surface area contributed by atoms with Crippen LogP contribution >= 0.6 is 11.6 Å². The number of fused-ring (bicyclic) bond motifs is 1. The summed E-state index contributed by atoms with van der Waals surface area (Å²) in [5.74, 6) is 0.421. The van der Waals surface area contributed by atoms with Crippen molar-refractivity contribution in [3.63, 3.8) is 0 Å². The van der Waals surface area contributed by atoms with Crippen molar-refractivity contribution >= 4 is 17.2 Å². The molecule has 0 N–H and O–H groups in total. The lowest BCUT2D eigenvalue weighted by Gasteiger charge is -2.19. The van der Waals surface area contributed by atoms with Gasteiger partial charge >= 0.3 is 0 Å². The van der Waals surface area contributed by atoms with Crippen molar-refractivity contribution < 1.29 is 4.74 Å². The van der Waals surface area contributed by atoms with Crippen LogP contribution < -0.4 is 0 Å². The van der Waals surface area contributed by atoms with E-state index < -0.39 is 0 Å². The van der Waals surface area contributed by atoms with E-state index in [1.165, 1.54) is 0 Å². The molecule has 0 amide bonds. The molecule has 0 radical (unpaired) electrons. The first kappa shape index (κ1) is 10.1. The van der Waals surface area contributed by atoms with Crippen LogP contribution in [0.15, 0.2) is 24.4 Å². The lowest BCUT2D eigenvalue weighted by Crippen LogP contribution is -2.15. The van der Waals surface area contributed by atoms with Gasteiger partial charge in [-0.3, -0.25) is 4.40 Å². The molecule has 0 bridgehead atoms. The van der Waals surface area contributed by atoms with Gasteiger partial charge in [-0.25, -0.2) is 4.98 Å². The van der Waals surface area contributed by atoms with E-state index in [1.54, 1.807) is 0 Å². The average molecular weight is 237 g/mol. The smallest absolute Gasteiger partial charge is 0.138 e. The van der Waals surface area contributed by atoms with Crippen LogP contribution in [0, 0.1) is 0 Å². The third-order valence-electron chi connectivity index (χ3n) is 3.04. The summed E-state index contributed by atoms with van der Waals surface area (Å²) in [6, 6.07) is 5.77. The normalized spacial score (nSPS) is 21.4. The first-order valence-corrected chi connectivity index (χ1v) is 5.93. The van der Waals surface area contributed by atoms with Gasteiger partial charge in [0.1, 0.15) is 10.8 Å².